The van der Waals surface area contributed by atoms with E-state index >= 15 is 0 Å². The second-order valence-corrected chi connectivity index (χ2v) is 4.28. The van der Waals surface area contributed by atoms with Gasteiger partial charge in [-0.1, -0.05) is 13.8 Å². The number of benzene rings is 1. The number of nitrogens with two attached hydrogens (primary N) is 1. The molecule has 0 bridgehead atoms. The van der Waals surface area contributed by atoms with E-state index in [1.54, 1.807) is 18.2 Å². The van der Waals surface area contributed by atoms with Crippen LogP contribution in [0.3, 0.4) is 0 Å². The standard InChI is InChI=1S/C12H16ClNO2/c1-8(2)7-16-9-3-4-11(14)10(5-9)12(15)6-13/h3-5,8H,6-7,14H2,1-2H3. The molecule has 0 amide bonds. The highest BCUT2D eigenvalue weighted by molar-refractivity contribution is 6.31. The molecule has 0 heterocycles. The lowest BCUT2D eigenvalue weighted by molar-refractivity contribution is 0.102. The van der Waals surface area contributed by atoms with Gasteiger partial charge in [-0.05, 0) is 24.1 Å². The minimum absolute atomic E-state index is 0.0716. The number of Topliss-reactive ketones (excluding diaryl/α,β-unsaturated/α-hetero) is 1. The summed E-state index contributed by atoms with van der Waals surface area (Å²) >= 11 is 5.49. The Labute approximate surface area is 101 Å². The molecular formula is C12H16ClNO2. The third-order valence-corrected chi connectivity index (χ3v) is 2.27. The van der Waals surface area contributed by atoms with Gasteiger partial charge in [0.25, 0.3) is 0 Å². The zero-order valence-electron chi connectivity index (χ0n) is 9.50. The van der Waals surface area contributed by atoms with Crippen LogP contribution in [0.15, 0.2) is 18.2 Å². The Bertz CT molecular complexity index is 377. The quantitative estimate of drug-likeness (QED) is 0.490. The van der Waals surface area contributed by atoms with Gasteiger partial charge in [-0.2, -0.15) is 0 Å². The van der Waals surface area contributed by atoms with Gasteiger partial charge in [-0.25, -0.2) is 0 Å². The lowest BCUT2D eigenvalue weighted by atomic mass is 10.1. The number of ketones is 1. The van der Waals surface area contributed by atoms with Crippen LogP contribution in [0.25, 0.3) is 0 Å². The lowest BCUT2D eigenvalue weighted by Crippen LogP contribution is -2.08. The van der Waals surface area contributed by atoms with E-state index in [-0.39, 0.29) is 11.7 Å². The molecular weight excluding hydrogens is 226 g/mol. The fraction of sp³-hybridized carbons (Fsp3) is 0.417. The fourth-order valence-electron chi connectivity index (χ4n) is 1.20. The Balaban J connectivity index is 2.85. The average Bonchev–Trinajstić information content (AvgIpc) is 2.27. The number of anilines is 1. The molecule has 0 saturated heterocycles. The largest absolute Gasteiger partial charge is 0.493 e. The van der Waals surface area contributed by atoms with Crippen molar-refractivity contribution in [2.24, 2.45) is 5.92 Å². The van der Waals surface area contributed by atoms with Crippen molar-refractivity contribution in [1.29, 1.82) is 0 Å². The minimum Gasteiger partial charge on any atom is -0.493 e. The second-order valence-electron chi connectivity index (χ2n) is 4.01. The Morgan fingerprint density at radius 2 is 2.19 bits per heavy atom. The van der Waals surface area contributed by atoms with Crippen LogP contribution in [-0.4, -0.2) is 18.3 Å². The van der Waals surface area contributed by atoms with Gasteiger partial charge in [0.05, 0.1) is 12.5 Å². The lowest BCUT2D eigenvalue weighted by Gasteiger charge is -2.10. The summed E-state index contributed by atoms with van der Waals surface area (Å²) in [5.41, 5.74) is 6.55. The molecule has 88 valence electrons. The van der Waals surface area contributed by atoms with Gasteiger partial charge >= 0.3 is 0 Å². The van der Waals surface area contributed by atoms with Crippen molar-refractivity contribution in [3.8, 4) is 5.75 Å². The molecule has 0 fully saturated rings. The molecule has 0 atom stereocenters. The van der Waals surface area contributed by atoms with Gasteiger partial charge in [0, 0.05) is 11.3 Å². The molecule has 16 heavy (non-hydrogen) atoms. The summed E-state index contributed by atoms with van der Waals surface area (Å²) < 4.78 is 5.51. The molecule has 0 unspecified atom stereocenters. The van der Waals surface area contributed by atoms with Crippen molar-refractivity contribution in [3.63, 3.8) is 0 Å². The van der Waals surface area contributed by atoms with Crippen LogP contribution in [0.1, 0.15) is 24.2 Å². The molecule has 1 rings (SSSR count). The molecule has 0 aliphatic heterocycles. The second kappa shape index (κ2) is 5.75. The normalized spacial score (nSPS) is 10.5. The third kappa shape index (κ3) is 3.42. The molecule has 1 aromatic carbocycles. The van der Waals surface area contributed by atoms with Crippen molar-refractivity contribution < 1.29 is 9.53 Å². The third-order valence-electron chi connectivity index (χ3n) is 2.03. The first-order valence-corrected chi connectivity index (χ1v) is 5.69. The first-order valence-electron chi connectivity index (χ1n) is 5.16. The van der Waals surface area contributed by atoms with Crippen molar-refractivity contribution in [2.45, 2.75) is 13.8 Å². The monoisotopic (exact) mass is 241 g/mol. The summed E-state index contributed by atoms with van der Waals surface area (Å²) in [7, 11) is 0. The van der Waals surface area contributed by atoms with Crippen LogP contribution in [-0.2, 0) is 0 Å². The van der Waals surface area contributed by atoms with E-state index in [1.807, 2.05) is 0 Å². The number of halogens is 1. The van der Waals surface area contributed by atoms with E-state index in [9.17, 15) is 4.79 Å². The van der Waals surface area contributed by atoms with Gasteiger partial charge in [0.1, 0.15) is 5.75 Å². The van der Waals surface area contributed by atoms with Crippen molar-refractivity contribution in [1.82, 2.24) is 0 Å². The van der Waals surface area contributed by atoms with Gasteiger partial charge in [0.15, 0.2) is 5.78 Å². The zero-order valence-corrected chi connectivity index (χ0v) is 10.3. The van der Waals surface area contributed by atoms with E-state index in [2.05, 4.69) is 13.8 Å². The maximum atomic E-state index is 11.5. The number of nitrogen functional groups attached to an aromatic ring is 1. The molecule has 0 radical (unpaired) electrons. The van der Waals surface area contributed by atoms with Gasteiger partial charge in [-0.3, -0.25) is 4.79 Å². The number of hydrogen-bond donors (Lipinski definition) is 1. The summed E-state index contributed by atoms with van der Waals surface area (Å²) in [6, 6.07) is 5.06. The van der Waals surface area contributed by atoms with Crippen LogP contribution in [0.4, 0.5) is 5.69 Å². The molecule has 0 spiro atoms. The summed E-state index contributed by atoms with van der Waals surface area (Å²) in [5, 5.41) is 0. The van der Waals surface area contributed by atoms with Gasteiger partial charge in [0.2, 0.25) is 0 Å². The molecule has 0 saturated carbocycles. The average molecular weight is 242 g/mol. The number of carbonyl (C=O) groups excluding carboxylic acids is 1. The number of hydrogen-bond acceptors (Lipinski definition) is 3. The van der Waals surface area contributed by atoms with E-state index < -0.39 is 0 Å². The van der Waals surface area contributed by atoms with Crippen LogP contribution in [0, 0.1) is 5.92 Å². The van der Waals surface area contributed by atoms with Crippen LogP contribution in [0.5, 0.6) is 5.75 Å². The van der Waals surface area contributed by atoms with E-state index in [0.717, 1.165) is 0 Å². The predicted molar refractivity (Wildman–Crippen MR) is 66.2 cm³/mol. The first-order chi connectivity index (χ1) is 7.54. The van der Waals surface area contributed by atoms with Gasteiger partial charge in [-0.15, -0.1) is 11.6 Å². The SMILES string of the molecule is CC(C)COc1ccc(N)c(C(=O)CCl)c1. The molecule has 0 aliphatic carbocycles. The topological polar surface area (TPSA) is 52.3 Å². The van der Waals surface area contributed by atoms with Crippen LogP contribution in [0.2, 0.25) is 0 Å². The highest BCUT2D eigenvalue weighted by atomic mass is 35.5. The van der Waals surface area contributed by atoms with Gasteiger partial charge < -0.3 is 10.5 Å². The van der Waals surface area contributed by atoms with Crippen molar-refractivity contribution in [3.05, 3.63) is 23.8 Å². The van der Waals surface area contributed by atoms with E-state index in [0.29, 0.717) is 29.5 Å². The molecule has 2 N–H and O–H groups in total. The smallest absolute Gasteiger partial charge is 0.179 e. The summed E-state index contributed by atoms with van der Waals surface area (Å²) in [4.78, 5) is 11.5. The number of ether oxygens (including phenoxy) is 1. The minimum atomic E-state index is -0.186. The Morgan fingerprint density at radius 1 is 1.50 bits per heavy atom. The van der Waals surface area contributed by atoms with Crippen molar-refractivity contribution in [2.75, 3.05) is 18.2 Å². The summed E-state index contributed by atoms with van der Waals surface area (Å²) in [5.74, 6) is 0.827. The fourth-order valence-corrected chi connectivity index (χ4v) is 1.35. The Kier molecular flexibility index (Phi) is 4.62. The highest BCUT2D eigenvalue weighted by Crippen LogP contribution is 2.21. The zero-order chi connectivity index (χ0) is 12.1. The number of alkyl halides is 1. The maximum absolute atomic E-state index is 11.5. The first kappa shape index (κ1) is 12.8. The maximum Gasteiger partial charge on any atom is 0.179 e. The number of rotatable bonds is 5. The predicted octanol–water partition coefficient (Wildman–Crippen LogP) is 2.73. The summed E-state index contributed by atoms with van der Waals surface area (Å²) in [6.45, 7) is 4.72. The molecule has 0 aromatic heterocycles. The highest BCUT2D eigenvalue weighted by Gasteiger charge is 2.10. The Morgan fingerprint density at radius 3 is 2.75 bits per heavy atom. The number of carbonyl (C=O) groups is 1. The Hall–Kier alpha value is -1.22. The van der Waals surface area contributed by atoms with E-state index in [1.165, 1.54) is 0 Å². The molecule has 3 nitrogen and oxygen atoms in total. The van der Waals surface area contributed by atoms with Crippen molar-refractivity contribution >= 4 is 23.1 Å². The summed E-state index contributed by atoms with van der Waals surface area (Å²) in [6.07, 6.45) is 0. The van der Waals surface area contributed by atoms with E-state index in [4.69, 9.17) is 22.1 Å². The van der Waals surface area contributed by atoms with Crippen LogP contribution < -0.4 is 10.5 Å². The molecule has 0 aliphatic rings. The molecule has 4 heteroatoms. The molecule has 1 aromatic rings. The van der Waals surface area contributed by atoms with Crippen LogP contribution >= 0.6 is 11.6 Å².